The first-order valence-electron chi connectivity index (χ1n) is 14.9. The van der Waals surface area contributed by atoms with Crippen molar-refractivity contribution in [3.8, 4) is 11.5 Å². The van der Waals surface area contributed by atoms with E-state index < -0.39 is 29.3 Å². The number of hydroxylamine groups is 2. The van der Waals surface area contributed by atoms with Gasteiger partial charge in [0.25, 0.3) is 5.91 Å². The molecular formula is C33H38BrF6N7O5S2. The number of carbonyl (C=O) groups is 2. The summed E-state index contributed by atoms with van der Waals surface area (Å²) in [6.45, 7) is 3.90. The van der Waals surface area contributed by atoms with Crippen LogP contribution in [0.2, 0.25) is 0 Å². The first-order valence-corrected chi connectivity index (χ1v) is 17.6. The Hall–Kier alpha value is -4.34. The van der Waals surface area contributed by atoms with E-state index in [2.05, 4.69) is 35.9 Å². The Morgan fingerprint density at radius 2 is 1.20 bits per heavy atom. The zero-order chi connectivity index (χ0) is 40.1. The van der Waals surface area contributed by atoms with Crippen molar-refractivity contribution in [3.05, 3.63) is 81.1 Å². The molecule has 0 saturated heterocycles. The number of carbonyl (C=O) groups excluding carboxylic acids is 2. The van der Waals surface area contributed by atoms with Crippen molar-refractivity contribution in [2.24, 2.45) is 0 Å². The number of ketones is 1. The van der Waals surface area contributed by atoms with Gasteiger partial charge in [0.1, 0.15) is 28.7 Å². The van der Waals surface area contributed by atoms with Crippen LogP contribution in [0.4, 0.5) is 38.0 Å². The highest BCUT2D eigenvalue weighted by Crippen LogP contribution is 2.35. The monoisotopic (exact) mass is 869 g/mol. The molecule has 2 heterocycles. The zero-order valence-electron chi connectivity index (χ0n) is 28.9. The maximum atomic E-state index is 12.8. The quantitative estimate of drug-likeness (QED) is 0.0513. The van der Waals surface area contributed by atoms with Crippen LogP contribution >= 0.6 is 39.5 Å². The topological polar surface area (TPSA) is 169 Å². The molecule has 12 nitrogen and oxygen atoms in total. The molecule has 0 saturated carbocycles. The van der Waals surface area contributed by atoms with E-state index in [1.165, 1.54) is 70.4 Å². The number of alkyl halides is 6. The summed E-state index contributed by atoms with van der Waals surface area (Å²) in [5.74, 6) is 0.729. The van der Waals surface area contributed by atoms with Gasteiger partial charge < -0.3 is 20.9 Å². The molecular weight excluding hydrogens is 832 g/mol. The van der Waals surface area contributed by atoms with Gasteiger partial charge in [-0.25, -0.2) is 25.0 Å². The molecule has 296 valence electrons. The normalized spacial score (nSPS) is 10.8. The highest BCUT2D eigenvalue weighted by Gasteiger charge is 2.33. The Bertz CT molecular complexity index is 1870. The third-order valence-corrected chi connectivity index (χ3v) is 8.57. The maximum Gasteiger partial charge on any atom is 0.416 e. The summed E-state index contributed by atoms with van der Waals surface area (Å²) in [6, 6.07) is 5.89. The fourth-order valence-corrected chi connectivity index (χ4v) is 5.29. The molecule has 54 heavy (non-hydrogen) atoms. The first kappa shape index (κ1) is 47.7. The molecule has 0 spiro atoms. The molecule has 4 rings (SSSR count). The summed E-state index contributed by atoms with van der Waals surface area (Å²) in [7, 11) is 5.40. The van der Waals surface area contributed by atoms with Gasteiger partial charge in [-0.2, -0.15) is 26.3 Å². The van der Waals surface area contributed by atoms with Gasteiger partial charge in [-0.3, -0.25) is 14.4 Å². The van der Waals surface area contributed by atoms with E-state index in [0.29, 0.717) is 14.8 Å². The van der Waals surface area contributed by atoms with E-state index >= 15 is 0 Å². The van der Waals surface area contributed by atoms with E-state index in [9.17, 15) is 35.9 Å². The number of ether oxygens (including phenoxy) is 2. The number of nitrogens with zero attached hydrogens (tertiary/aromatic N) is 5. The van der Waals surface area contributed by atoms with Gasteiger partial charge in [-0.1, -0.05) is 44.8 Å². The molecule has 0 bridgehead atoms. The highest BCUT2D eigenvalue weighted by molar-refractivity contribution is 9.10. The number of halogens is 7. The lowest BCUT2D eigenvalue weighted by molar-refractivity contribution is -0.138. The molecule has 4 N–H and O–H groups in total. The molecule has 0 aliphatic rings. The van der Waals surface area contributed by atoms with Crippen molar-refractivity contribution < 1.29 is 50.2 Å². The van der Waals surface area contributed by atoms with E-state index in [0.717, 1.165) is 46.9 Å². The Morgan fingerprint density at radius 1 is 0.759 bits per heavy atom. The second-order valence-corrected chi connectivity index (χ2v) is 13.2. The van der Waals surface area contributed by atoms with Crippen LogP contribution in [0.5, 0.6) is 11.5 Å². The average Bonchev–Trinajstić information content (AvgIpc) is 3.10. The number of thioether (sulfide) groups is 2. The van der Waals surface area contributed by atoms with E-state index in [4.69, 9.17) is 25.8 Å². The van der Waals surface area contributed by atoms with Gasteiger partial charge in [0.2, 0.25) is 5.78 Å². The predicted octanol–water partition coefficient (Wildman–Crippen LogP) is 8.35. The predicted molar refractivity (Wildman–Crippen MR) is 199 cm³/mol. The standard InChI is InChI=1S/C15H14F3N3O2S.C9H14N4O2S.C8H6BrF3O.CH4/c1-3-24-14-20-7-10(13(19)21-14)12(22)9-5-4-8(15(16,17)18)6-11(9)23-2;1-4-16-9-11-5-6(7(10)12-9)8(14)13(2)15-3;1-13-7-4-5(8(10,11)12)2-3-6(7)9;/h4-7H,3H2,1-2H3,(H2,19,20,21);5H,4H2,1-3H3,(H2,10,11,12);2-4H,1H3;1H4. The smallest absolute Gasteiger partial charge is 0.416 e. The molecule has 2 aromatic heterocycles. The van der Waals surface area contributed by atoms with Crippen LogP contribution in [0.25, 0.3) is 0 Å². The van der Waals surface area contributed by atoms with Crippen LogP contribution in [0, 0.1) is 0 Å². The van der Waals surface area contributed by atoms with Gasteiger partial charge in [0.15, 0.2) is 10.3 Å². The number of nitrogen functional groups attached to an aromatic ring is 2. The van der Waals surface area contributed by atoms with Gasteiger partial charge in [0.05, 0.1) is 48.1 Å². The number of anilines is 2. The lowest BCUT2D eigenvalue weighted by Gasteiger charge is -2.14. The van der Waals surface area contributed by atoms with Gasteiger partial charge in [-0.15, -0.1) is 0 Å². The number of methoxy groups -OCH3 is 2. The summed E-state index contributed by atoms with van der Waals surface area (Å²) < 4.78 is 84.9. The van der Waals surface area contributed by atoms with E-state index in [1.807, 2.05) is 13.8 Å². The number of benzene rings is 2. The fraction of sp³-hybridized carbons (Fsp3) is 0.333. The molecule has 1 amide bonds. The number of amides is 1. The van der Waals surface area contributed by atoms with Gasteiger partial charge in [0, 0.05) is 19.4 Å². The van der Waals surface area contributed by atoms with Gasteiger partial charge >= 0.3 is 12.4 Å². The van der Waals surface area contributed by atoms with Crippen molar-refractivity contribution >= 4 is 62.8 Å². The summed E-state index contributed by atoms with van der Waals surface area (Å²) in [4.78, 5) is 45.1. The number of rotatable bonds is 10. The summed E-state index contributed by atoms with van der Waals surface area (Å²) in [6.07, 6.45) is -6.18. The minimum atomic E-state index is -4.53. The molecule has 4 aromatic rings. The van der Waals surface area contributed by atoms with E-state index in [1.54, 1.807) is 0 Å². The van der Waals surface area contributed by atoms with Crippen LogP contribution in [0.3, 0.4) is 0 Å². The minimum absolute atomic E-state index is 0. The number of hydrogen-bond acceptors (Lipinski definition) is 13. The molecule has 0 aliphatic carbocycles. The summed E-state index contributed by atoms with van der Waals surface area (Å²) >= 11 is 5.89. The molecule has 21 heteroatoms. The Morgan fingerprint density at radius 3 is 1.61 bits per heavy atom. The van der Waals surface area contributed by atoms with Crippen LogP contribution in [-0.4, -0.2) is 76.6 Å². The summed E-state index contributed by atoms with van der Waals surface area (Å²) in [5, 5.41) is 2.06. The highest BCUT2D eigenvalue weighted by atomic mass is 79.9. The third kappa shape index (κ3) is 13.5. The molecule has 0 aliphatic heterocycles. The Balaban J connectivity index is 0.000000424. The zero-order valence-corrected chi connectivity index (χ0v) is 32.1. The molecule has 0 unspecified atom stereocenters. The van der Waals surface area contributed by atoms with Crippen LogP contribution in [0.15, 0.2) is 63.6 Å². The maximum absolute atomic E-state index is 12.8. The summed E-state index contributed by atoms with van der Waals surface area (Å²) in [5.41, 5.74) is 10.0. The molecule has 0 atom stereocenters. The van der Waals surface area contributed by atoms with Crippen molar-refractivity contribution in [2.75, 3.05) is 51.4 Å². The van der Waals surface area contributed by atoms with Crippen LogP contribution in [-0.2, 0) is 17.2 Å². The average molecular weight is 871 g/mol. The van der Waals surface area contributed by atoms with Crippen molar-refractivity contribution in [1.82, 2.24) is 25.0 Å². The van der Waals surface area contributed by atoms with Crippen molar-refractivity contribution in [2.45, 2.75) is 43.9 Å². The molecule has 2 aromatic carbocycles. The van der Waals surface area contributed by atoms with E-state index in [-0.39, 0.29) is 53.2 Å². The van der Waals surface area contributed by atoms with Crippen LogP contribution < -0.4 is 20.9 Å². The lowest BCUT2D eigenvalue weighted by Crippen LogP contribution is -2.26. The second kappa shape index (κ2) is 21.5. The Labute approximate surface area is 324 Å². The fourth-order valence-electron chi connectivity index (χ4n) is 3.78. The van der Waals surface area contributed by atoms with Crippen molar-refractivity contribution in [3.63, 3.8) is 0 Å². The number of nitrogens with two attached hydrogens (primary N) is 2. The minimum Gasteiger partial charge on any atom is -0.496 e. The SMILES string of the molecule is C.CCSc1ncc(C(=O)N(C)OC)c(N)n1.CCSc1ncc(C(=O)c2ccc(C(F)(F)F)cc2OC)c(N)n1.COc1cc(C(F)(F)F)ccc1Br. The second-order valence-electron chi connectivity index (χ2n) is 9.84. The van der Waals surface area contributed by atoms with Gasteiger partial charge in [-0.05, 0) is 63.8 Å². The Kier molecular flexibility index (Phi) is 19.0. The lowest BCUT2D eigenvalue weighted by atomic mass is 10.0. The first-order chi connectivity index (χ1) is 24.8. The third-order valence-electron chi connectivity index (χ3n) is 6.43. The van der Waals surface area contributed by atoms with Crippen LogP contribution in [0.1, 0.15) is 58.7 Å². The number of aromatic nitrogens is 4. The largest absolute Gasteiger partial charge is 0.496 e. The molecule has 0 fully saturated rings. The number of hydrogen-bond donors (Lipinski definition) is 2. The van der Waals surface area contributed by atoms with Crippen molar-refractivity contribution in [1.29, 1.82) is 0 Å². The molecule has 0 radical (unpaired) electrons.